The van der Waals surface area contributed by atoms with Crippen LogP contribution in [-0.4, -0.2) is 26.7 Å². The molecule has 44 valence electrons. The molecule has 0 radical (unpaired) electrons. The van der Waals surface area contributed by atoms with Crippen molar-refractivity contribution in [3.8, 4) is 0 Å². The molecule has 0 amide bonds. The molecule has 0 N–H and O–H groups in total. The third-order valence-electron chi connectivity index (χ3n) is 0.443. The number of alkyl halides is 2. The first kappa shape index (κ1) is 8.10. The van der Waals surface area contributed by atoms with Crippen LogP contribution in [0, 0.1) is 0 Å². The number of rotatable bonds is 4. The summed E-state index contributed by atoms with van der Waals surface area (Å²) in [4.78, 5) is 0. The molecule has 0 rings (SSSR count). The molecule has 0 unspecified atom stereocenters. The molecule has 0 saturated heterocycles. The molecule has 0 nitrogen and oxygen atoms in total. The Hall–Kier alpha value is 1.10. The number of hydrogen-bond acceptors (Lipinski definition) is 0. The van der Waals surface area contributed by atoms with Crippen molar-refractivity contribution < 1.29 is 0 Å². The second-order valence-corrected chi connectivity index (χ2v) is 4.32. The van der Waals surface area contributed by atoms with E-state index in [-0.39, 0.29) is 0 Å². The van der Waals surface area contributed by atoms with E-state index in [9.17, 15) is 0 Å². The fourth-order valence-electron chi connectivity index (χ4n) is 0.211. The van der Waals surface area contributed by atoms with Crippen LogP contribution in [0.4, 0.5) is 0 Å². The molecule has 0 atom stereocenters. The molecular formula is C4H8Cl2Se. The maximum absolute atomic E-state index is 5.41. The van der Waals surface area contributed by atoms with Gasteiger partial charge in [0.05, 0.1) is 0 Å². The molecule has 0 aromatic rings. The van der Waals surface area contributed by atoms with Crippen molar-refractivity contribution in [3.05, 3.63) is 0 Å². The topological polar surface area (TPSA) is 0 Å². The summed E-state index contributed by atoms with van der Waals surface area (Å²) in [6.07, 6.45) is 0. The summed E-state index contributed by atoms with van der Waals surface area (Å²) >= 11 is 11.5. The molecule has 0 fully saturated rings. The third kappa shape index (κ3) is 7.10. The van der Waals surface area contributed by atoms with Gasteiger partial charge >= 0.3 is 60.6 Å². The minimum absolute atomic E-state index is 0.712. The van der Waals surface area contributed by atoms with Gasteiger partial charge in [0, 0.05) is 0 Å². The minimum atomic E-state index is 0.712. The predicted octanol–water partition coefficient (Wildman–Crippen LogP) is 2.00. The van der Waals surface area contributed by atoms with Crippen molar-refractivity contribution in [2.45, 2.75) is 10.6 Å². The Labute approximate surface area is 60.7 Å². The second-order valence-electron chi connectivity index (χ2n) is 0.990. The molecule has 3 heteroatoms. The second kappa shape index (κ2) is 7.10. The van der Waals surface area contributed by atoms with E-state index in [0.29, 0.717) is 15.0 Å². The standard InChI is InChI=1S/C4H8Cl2Se/c5-1-3-7-4-2-6/h1-4H2. The molecule has 7 heavy (non-hydrogen) atoms. The van der Waals surface area contributed by atoms with Gasteiger partial charge in [0.2, 0.25) is 0 Å². The van der Waals surface area contributed by atoms with E-state index < -0.39 is 0 Å². The van der Waals surface area contributed by atoms with Crippen LogP contribution < -0.4 is 0 Å². The van der Waals surface area contributed by atoms with Gasteiger partial charge in [-0.15, -0.1) is 0 Å². The first-order valence-corrected chi connectivity index (χ1v) is 5.60. The van der Waals surface area contributed by atoms with Crippen molar-refractivity contribution in [3.63, 3.8) is 0 Å². The van der Waals surface area contributed by atoms with E-state index in [0.717, 1.165) is 11.8 Å². The summed E-state index contributed by atoms with van der Waals surface area (Å²) in [7, 11) is 0. The molecule has 0 aromatic heterocycles. The van der Waals surface area contributed by atoms with E-state index in [1.807, 2.05) is 0 Å². The van der Waals surface area contributed by atoms with Crippen LogP contribution >= 0.6 is 23.2 Å². The van der Waals surface area contributed by atoms with Crippen molar-refractivity contribution in [1.29, 1.82) is 0 Å². The summed E-state index contributed by atoms with van der Waals surface area (Å²) < 4.78 is 0. The number of halogens is 2. The molecule has 0 saturated carbocycles. The van der Waals surface area contributed by atoms with Crippen molar-refractivity contribution in [1.82, 2.24) is 0 Å². The third-order valence-corrected chi connectivity index (χ3v) is 3.91. The van der Waals surface area contributed by atoms with Crippen LogP contribution in [0.25, 0.3) is 0 Å². The van der Waals surface area contributed by atoms with Gasteiger partial charge in [0.15, 0.2) is 0 Å². The Morgan fingerprint density at radius 1 is 1.00 bits per heavy atom. The van der Waals surface area contributed by atoms with Gasteiger partial charge in [-0.3, -0.25) is 0 Å². The molecule has 0 aromatic carbocycles. The Morgan fingerprint density at radius 2 is 1.43 bits per heavy atom. The molecule has 0 bridgehead atoms. The monoisotopic (exact) mass is 206 g/mol. The van der Waals surface area contributed by atoms with Gasteiger partial charge in [0.25, 0.3) is 0 Å². The molecule has 0 aliphatic rings. The quantitative estimate of drug-likeness (QED) is 0.375. The first-order valence-electron chi connectivity index (χ1n) is 2.11. The van der Waals surface area contributed by atoms with E-state index in [1.54, 1.807) is 0 Å². The molecular weight excluding hydrogens is 198 g/mol. The summed E-state index contributed by atoms with van der Waals surface area (Å²) in [6.45, 7) is 0. The average Bonchev–Trinajstić information content (AvgIpc) is 1.69. The average molecular weight is 206 g/mol. The zero-order chi connectivity index (χ0) is 5.54. The van der Waals surface area contributed by atoms with Crippen LogP contribution in [0.2, 0.25) is 10.6 Å². The van der Waals surface area contributed by atoms with E-state index in [2.05, 4.69) is 0 Å². The molecule has 0 spiro atoms. The maximum atomic E-state index is 5.41. The van der Waals surface area contributed by atoms with E-state index in [1.165, 1.54) is 10.6 Å². The van der Waals surface area contributed by atoms with Crippen LogP contribution in [0.1, 0.15) is 0 Å². The van der Waals surface area contributed by atoms with Crippen molar-refractivity contribution in [2.75, 3.05) is 11.8 Å². The zero-order valence-corrected chi connectivity index (χ0v) is 7.22. The summed E-state index contributed by atoms with van der Waals surface area (Å²) in [5.41, 5.74) is 0. The van der Waals surface area contributed by atoms with E-state index in [4.69, 9.17) is 23.2 Å². The number of hydrogen-bond donors (Lipinski definition) is 0. The van der Waals surface area contributed by atoms with Crippen molar-refractivity contribution in [2.24, 2.45) is 0 Å². The van der Waals surface area contributed by atoms with Crippen LogP contribution in [0.15, 0.2) is 0 Å². The molecule has 0 aliphatic heterocycles. The van der Waals surface area contributed by atoms with Gasteiger partial charge in [0.1, 0.15) is 0 Å². The van der Waals surface area contributed by atoms with Crippen LogP contribution in [0.5, 0.6) is 0 Å². The summed E-state index contributed by atoms with van der Waals surface area (Å²) in [6, 6.07) is 0. The van der Waals surface area contributed by atoms with Crippen LogP contribution in [0.3, 0.4) is 0 Å². The van der Waals surface area contributed by atoms with Gasteiger partial charge < -0.3 is 0 Å². The fraction of sp³-hybridized carbons (Fsp3) is 1.00. The van der Waals surface area contributed by atoms with Crippen LogP contribution in [-0.2, 0) is 0 Å². The fourth-order valence-corrected chi connectivity index (χ4v) is 2.23. The van der Waals surface area contributed by atoms with E-state index >= 15 is 0 Å². The first-order chi connectivity index (χ1) is 3.41. The molecule has 0 heterocycles. The Balaban J connectivity index is 2.45. The van der Waals surface area contributed by atoms with Gasteiger partial charge in [-0.05, 0) is 0 Å². The predicted molar refractivity (Wildman–Crippen MR) is 36.8 cm³/mol. The van der Waals surface area contributed by atoms with Gasteiger partial charge in [-0.1, -0.05) is 0 Å². The summed E-state index contributed by atoms with van der Waals surface area (Å²) in [5, 5.41) is 2.34. The zero-order valence-electron chi connectivity index (χ0n) is 3.99. The van der Waals surface area contributed by atoms with Gasteiger partial charge in [-0.25, -0.2) is 0 Å². The molecule has 0 aliphatic carbocycles. The normalized spacial score (nSPS) is 9.43. The van der Waals surface area contributed by atoms with Crippen molar-refractivity contribution >= 4 is 38.2 Å². The Bertz CT molecular complexity index is 28.9. The SMILES string of the molecule is ClCC[Se]CCCl. The van der Waals surface area contributed by atoms with Gasteiger partial charge in [-0.2, -0.15) is 0 Å². The summed E-state index contributed by atoms with van der Waals surface area (Å²) in [5.74, 6) is 1.60. The Kier molecular flexibility index (Phi) is 8.21. The Morgan fingerprint density at radius 3 is 1.71 bits per heavy atom.